The van der Waals surface area contributed by atoms with Crippen LogP contribution in [0.3, 0.4) is 0 Å². The van der Waals surface area contributed by atoms with E-state index in [9.17, 15) is 18.0 Å². The number of carbonyl (C=O) groups is 1. The predicted octanol–water partition coefficient (Wildman–Crippen LogP) is 2.37. The minimum absolute atomic E-state index is 0.119. The first-order valence-corrected chi connectivity index (χ1v) is 8.44. The minimum atomic E-state index is -4.41. The Balaban J connectivity index is 2.74. The van der Waals surface area contributed by atoms with E-state index in [1.54, 1.807) is 53.1 Å². The number of aliphatic imine (C=N–C) groups is 1. The van der Waals surface area contributed by atoms with Crippen LogP contribution in [0.4, 0.5) is 13.2 Å². The molecule has 0 heterocycles. The van der Waals surface area contributed by atoms with Gasteiger partial charge in [-0.2, -0.15) is 13.2 Å². The van der Waals surface area contributed by atoms with Crippen molar-refractivity contribution in [1.29, 1.82) is 0 Å². The van der Waals surface area contributed by atoms with Crippen LogP contribution in [-0.2, 0) is 11.3 Å². The Hall–Kier alpha value is -2.45. The monoisotopic (exact) mass is 388 g/mol. The zero-order valence-electron chi connectivity index (χ0n) is 16.3. The van der Waals surface area contributed by atoms with Gasteiger partial charge in [-0.1, -0.05) is 12.1 Å². The molecular weight excluding hydrogens is 361 g/mol. The second-order valence-corrected chi connectivity index (χ2v) is 6.76. The summed E-state index contributed by atoms with van der Waals surface area (Å²) in [5, 5.41) is 8.65. The van der Waals surface area contributed by atoms with Gasteiger partial charge in [0.25, 0.3) is 0 Å². The molecule has 0 atom stereocenters. The van der Waals surface area contributed by atoms with Gasteiger partial charge in [0.05, 0.1) is 5.41 Å². The Labute approximate surface area is 157 Å². The summed E-state index contributed by atoms with van der Waals surface area (Å²) in [4.78, 5) is 15.9. The lowest BCUT2D eigenvalue weighted by molar-refractivity contribution is -0.153. The third-order valence-corrected chi connectivity index (χ3v) is 3.82. The van der Waals surface area contributed by atoms with Crippen molar-refractivity contribution in [2.45, 2.75) is 33.5 Å². The van der Waals surface area contributed by atoms with Crippen LogP contribution in [0.15, 0.2) is 23.2 Å². The molecular formula is C18H27F3N4O2. The third kappa shape index (κ3) is 7.76. The van der Waals surface area contributed by atoms with Gasteiger partial charge >= 0.3 is 6.18 Å². The maximum atomic E-state index is 12.4. The molecule has 1 amide bonds. The normalized spacial score (nSPS) is 12.5. The summed E-state index contributed by atoms with van der Waals surface area (Å²) in [6.45, 7) is 4.55. The van der Waals surface area contributed by atoms with Crippen LogP contribution in [0, 0.1) is 12.3 Å². The van der Waals surface area contributed by atoms with E-state index in [4.69, 9.17) is 4.74 Å². The van der Waals surface area contributed by atoms with E-state index >= 15 is 0 Å². The number of rotatable bonds is 7. The Kier molecular flexibility index (Phi) is 7.93. The van der Waals surface area contributed by atoms with Crippen molar-refractivity contribution in [3.8, 4) is 5.75 Å². The molecule has 0 saturated heterocycles. The highest BCUT2D eigenvalue weighted by molar-refractivity contribution is 5.84. The molecule has 1 aromatic carbocycles. The van der Waals surface area contributed by atoms with Gasteiger partial charge < -0.3 is 20.7 Å². The molecule has 1 rings (SSSR count). The molecule has 0 saturated carbocycles. The number of aryl methyl sites for hydroxylation is 1. The highest BCUT2D eigenvalue weighted by atomic mass is 19.4. The van der Waals surface area contributed by atoms with Gasteiger partial charge in [0.2, 0.25) is 5.91 Å². The van der Waals surface area contributed by atoms with E-state index in [-0.39, 0.29) is 18.2 Å². The first-order valence-electron chi connectivity index (χ1n) is 8.44. The highest BCUT2D eigenvalue weighted by Gasteiger charge is 2.29. The average Bonchev–Trinajstić information content (AvgIpc) is 2.59. The number of benzene rings is 1. The zero-order valence-corrected chi connectivity index (χ0v) is 16.3. The van der Waals surface area contributed by atoms with Gasteiger partial charge in [-0.3, -0.25) is 9.79 Å². The van der Waals surface area contributed by atoms with E-state index in [1.807, 2.05) is 0 Å². The fourth-order valence-corrected chi connectivity index (χ4v) is 2.22. The topological polar surface area (TPSA) is 74.8 Å². The zero-order chi connectivity index (χ0) is 20.7. The summed E-state index contributed by atoms with van der Waals surface area (Å²) >= 11 is 0. The first kappa shape index (κ1) is 22.6. The Morgan fingerprint density at radius 1 is 1.22 bits per heavy atom. The van der Waals surface area contributed by atoms with Crippen molar-refractivity contribution >= 4 is 11.9 Å². The Morgan fingerprint density at radius 2 is 1.89 bits per heavy atom. The van der Waals surface area contributed by atoms with Gasteiger partial charge in [-0.15, -0.1) is 0 Å². The van der Waals surface area contributed by atoms with Gasteiger partial charge in [0.15, 0.2) is 12.6 Å². The molecule has 152 valence electrons. The number of nitrogens with zero attached hydrogens (tertiary/aromatic N) is 1. The predicted molar refractivity (Wildman–Crippen MR) is 98.8 cm³/mol. The van der Waals surface area contributed by atoms with Crippen molar-refractivity contribution in [3.63, 3.8) is 0 Å². The SMILES string of the molecule is CN=C(NCc1ccc(C)cc1OCC(F)(F)F)NCC(C)(C)C(=O)NC. The molecule has 0 aliphatic rings. The van der Waals surface area contributed by atoms with E-state index in [1.165, 1.54) is 0 Å². The molecule has 0 aliphatic carbocycles. The molecule has 3 N–H and O–H groups in total. The van der Waals surface area contributed by atoms with Crippen molar-refractivity contribution in [2.24, 2.45) is 10.4 Å². The number of carbonyl (C=O) groups excluding carboxylic acids is 1. The number of alkyl halides is 3. The Bertz CT molecular complexity index is 673. The van der Waals surface area contributed by atoms with E-state index in [0.29, 0.717) is 18.1 Å². The summed E-state index contributed by atoms with van der Waals surface area (Å²) in [5.41, 5.74) is 0.709. The van der Waals surface area contributed by atoms with Gasteiger partial charge in [0.1, 0.15) is 5.75 Å². The molecule has 1 aromatic rings. The van der Waals surface area contributed by atoms with Gasteiger partial charge in [-0.25, -0.2) is 0 Å². The van der Waals surface area contributed by atoms with Crippen molar-refractivity contribution in [1.82, 2.24) is 16.0 Å². The molecule has 0 fully saturated rings. The number of guanidine groups is 1. The maximum Gasteiger partial charge on any atom is 0.422 e. The second kappa shape index (κ2) is 9.48. The summed E-state index contributed by atoms with van der Waals surface area (Å²) in [6.07, 6.45) is -4.41. The lowest BCUT2D eigenvalue weighted by Gasteiger charge is -2.24. The molecule has 27 heavy (non-hydrogen) atoms. The second-order valence-electron chi connectivity index (χ2n) is 6.76. The van der Waals surface area contributed by atoms with Crippen molar-refractivity contribution in [2.75, 3.05) is 27.2 Å². The minimum Gasteiger partial charge on any atom is -0.484 e. The van der Waals surface area contributed by atoms with Crippen molar-refractivity contribution < 1.29 is 22.7 Å². The van der Waals surface area contributed by atoms with E-state index in [2.05, 4.69) is 20.9 Å². The number of ether oxygens (including phenoxy) is 1. The number of hydrogen-bond acceptors (Lipinski definition) is 3. The van der Waals surface area contributed by atoms with Crippen LogP contribution >= 0.6 is 0 Å². The number of hydrogen-bond donors (Lipinski definition) is 3. The molecule has 0 bridgehead atoms. The number of nitrogens with one attached hydrogen (secondary N) is 3. The highest BCUT2D eigenvalue weighted by Crippen LogP contribution is 2.23. The number of amides is 1. The largest absolute Gasteiger partial charge is 0.484 e. The van der Waals surface area contributed by atoms with E-state index < -0.39 is 18.2 Å². The third-order valence-electron chi connectivity index (χ3n) is 3.82. The summed E-state index contributed by atoms with van der Waals surface area (Å²) < 4.78 is 42.3. The van der Waals surface area contributed by atoms with Crippen LogP contribution in [0.2, 0.25) is 0 Å². The molecule has 0 spiro atoms. The van der Waals surface area contributed by atoms with Crippen LogP contribution < -0.4 is 20.7 Å². The lowest BCUT2D eigenvalue weighted by atomic mass is 9.92. The summed E-state index contributed by atoms with van der Waals surface area (Å²) in [6, 6.07) is 5.06. The quantitative estimate of drug-likeness (QED) is 0.495. The molecule has 0 unspecified atom stereocenters. The molecule has 0 radical (unpaired) electrons. The van der Waals surface area contributed by atoms with Crippen LogP contribution in [-0.4, -0.2) is 45.3 Å². The van der Waals surface area contributed by atoms with E-state index in [0.717, 1.165) is 5.56 Å². The molecule has 0 aliphatic heterocycles. The van der Waals surface area contributed by atoms with Gasteiger partial charge in [-0.05, 0) is 32.4 Å². The first-order chi connectivity index (χ1) is 12.5. The maximum absolute atomic E-state index is 12.4. The fourth-order valence-electron chi connectivity index (χ4n) is 2.22. The van der Waals surface area contributed by atoms with Crippen LogP contribution in [0.5, 0.6) is 5.75 Å². The van der Waals surface area contributed by atoms with Crippen molar-refractivity contribution in [3.05, 3.63) is 29.3 Å². The van der Waals surface area contributed by atoms with Crippen LogP contribution in [0.1, 0.15) is 25.0 Å². The fraction of sp³-hybridized carbons (Fsp3) is 0.556. The van der Waals surface area contributed by atoms with Crippen LogP contribution in [0.25, 0.3) is 0 Å². The standard InChI is InChI=1S/C18H27F3N4O2/c1-12-6-7-13(14(8-12)27-11-18(19,20)21)9-24-16(23-5)25-10-17(2,3)15(26)22-4/h6-8H,9-11H2,1-5H3,(H,22,26)(H2,23,24,25). The molecule has 9 heteroatoms. The Morgan fingerprint density at radius 3 is 2.44 bits per heavy atom. The summed E-state index contributed by atoms with van der Waals surface area (Å²) in [5.74, 6) is 0.474. The molecule has 6 nitrogen and oxygen atoms in total. The summed E-state index contributed by atoms with van der Waals surface area (Å²) in [7, 11) is 3.13. The number of halogens is 3. The smallest absolute Gasteiger partial charge is 0.422 e. The lowest BCUT2D eigenvalue weighted by Crippen LogP contribution is -2.47. The molecule has 0 aromatic heterocycles. The van der Waals surface area contributed by atoms with Gasteiger partial charge in [0, 0.05) is 32.7 Å². The average molecular weight is 388 g/mol.